The SMILES string of the molecule is NC(=S)CN1CCN(c2cccc(C(F)(F)F)c2)CC1. The maximum absolute atomic E-state index is 12.7. The molecule has 1 aliphatic heterocycles. The largest absolute Gasteiger partial charge is 0.416 e. The third-order valence-corrected chi connectivity index (χ3v) is 3.42. The lowest BCUT2D eigenvalue weighted by Gasteiger charge is -2.36. The Bertz CT molecular complexity index is 482. The lowest BCUT2D eigenvalue weighted by atomic mass is 10.1. The minimum Gasteiger partial charge on any atom is -0.392 e. The molecule has 1 aliphatic rings. The van der Waals surface area contributed by atoms with Crippen LogP contribution in [0.3, 0.4) is 0 Å². The van der Waals surface area contributed by atoms with Crippen LogP contribution in [-0.4, -0.2) is 42.6 Å². The minimum atomic E-state index is -4.30. The van der Waals surface area contributed by atoms with Gasteiger partial charge < -0.3 is 10.6 Å². The molecule has 20 heavy (non-hydrogen) atoms. The van der Waals surface area contributed by atoms with Crippen LogP contribution < -0.4 is 10.6 Å². The fourth-order valence-corrected chi connectivity index (χ4v) is 2.45. The standard InChI is InChI=1S/C13H16F3N3S/c14-13(15,16)10-2-1-3-11(8-10)19-6-4-18(5-7-19)9-12(17)20/h1-3,8H,4-7,9H2,(H2,17,20). The van der Waals surface area contributed by atoms with Crippen molar-refractivity contribution >= 4 is 22.9 Å². The van der Waals surface area contributed by atoms with Gasteiger partial charge in [0.15, 0.2) is 0 Å². The van der Waals surface area contributed by atoms with Crippen LogP contribution in [0.15, 0.2) is 24.3 Å². The monoisotopic (exact) mass is 303 g/mol. The van der Waals surface area contributed by atoms with E-state index in [0.29, 0.717) is 30.3 Å². The zero-order chi connectivity index (χ0) is 14.8. The van der Waals surface area contributed by atoms with Gasteiger partial charge in [-0.1, -0.05) is 18.3 Å². The second-order valence-electron chi connectivity index (χ2n) is 4.78. The Morgan fingerprint density at radius 3 is 2.40 bits per heavy atom. The zero-order valence-corrected chi connectivity index (χ0v) is 11.7. The molecule has 0 atom stereocenters. The second kappa shape index (κ2) is 5.97. The van der Waals surface area contributed by atoms with E-state index in [4.69, 9.17) is 18.0 Å². The minimum absolute atomic E-state index is 0.442. The first kappa shape index (κ1) is 15.1. The lowest BCUT2D eigenvalue weighted by Crippen LogP contribution is -2.48. The normalized spacial score (nSPS) is 17.2. The van der Waals surface area contributed by atoms with Gasteiger partial charge in [-0.3, -0.25) is 4.90 Å². The van der Waals surface area contributed by atoms with Gasteiger partial charge in [0.1, 0.15) is 0 Å². The predicted molar refractivity (Wildman–Crippen MR) is 76.9 cm³/mol. The molecule has 0 aromatic heterocycles. The molecule has 0 spiro atoms. The maximum atomic E-state index is 12.7. The van der Waals surface area contributed by atoms with Crippen molar-refractivity contribution in [2.24, 2.45) is 5.73 Å². The molecule has 1 heterocycles. The van der Waals surface area contributed by atoms with Gasteiger partial charge >= 0.3 is 6.18 Å². The highest BCUT2D eigenvalue weighted by atomic mass is 32.1. The van der Waals surface area contributed by atoms with Gasteiger partial charge in [-0.05, 0) is 18.2 Å². The smallest absolute Gasteiger partial charge is 0.392 e. The zero-order valence-electron chi connectivity index (χ0n) is 10.9. The van der Waals surface area contributed by atoms with Crippen molar-refractivity contribution in [3.63, 3.8) is 0 Å². The first-order chi connectivity index (χ1) is 9.36. The van der Waals surface area contributed by atoms with Crippen molar-refractivity contribution < 1.29 is 13.2 Å². The molecule has 0 radical (unpaired) electrons. The second-order valence-corrected chi connectivity index (χ2v) is 5.30. The molecule has 1 fully saturated rings. The fraction of sp³-hybridized carbons (Fsp3) is 0.462. The van der Waals surface area contributed by atoms with E-state index >= 15 is 0 Å². The Hall–Kier alpha value is -1.34. The molecule has 1 aromatic carbocycles. The van der Waals surface area contributed by atoms with Gasteiger partial charge in [0, 0.05) is 38.4 Å². The fourth-order valence-electron chi connectivity index (χ4n) is 2.26. The van der Waals surface area contributed by atoms with Gasteiger partial charge in [0.2, 0.25) is 0 Å². The molecule has 0 unspecified atom stereocenters. The Labute approximate surface area is 121 Å². The number of thiocarbonyl (C=S) groups is 1. The number of alkyl halides is 3. The maximum Gasteiger partial charge on any atom is 0.416 e. The van der Waals surface area contributed by atoms with Gasteiger partial charge in [-0.15, -0.1) is 0 Å². The summed E-state index contributed by atoms with van der Waals surface area (Å²) in [5.74, 6) is 0. The average molecular weight is 303 g/mol. The summed E-state index contributed by atoms with van der Waals surface area (Å²) in [4.78, 5) is 4.50. The molecule has 0 amide bonds. The number of hydrogen-bond acceptors (Lipinski definition) is 3. The van der Waals surface area contributed by atoms with Crippen LogP contribution in [0.1, 0.15) is 5.56 Å². The van der Waals surface area contributed by atoms with Crippen LogP contribution in [0, 0.1) is 0 Å². The van der Waals surface area contributed by atoms with Gasteiger partial charge in [0.05, 0.1) is 10.6 Å². The highest BCUT2D eigenvalue weighted by Crippen LogP contribution is 2.31. The Balaban J connectivity index is 2.02. The number of rotatable bonds is 3. The van der Waals surface area contributed by atoms with Crippen molar-refractivity contribution in [3.05, 3.63) is 29.8 Å². The Kier molecular flexibility index (Phi) is 4.49. The highest BCUT2D eigenvalue weighted by Gasteiger charge is 2.31. The van der Waals surface area contributed by atoms with E-state index in [9.17, 15) is 13.2 Å². The molecule has 0 aliphatic carbocycles. The van der Waals surface area contributed by atoms with E-state index in [1.165, 1.54) is 12.1 Å². The van der Waals surface area contributed by atoms with Crippen molar-refractivity contribution in [1.29, 1.82) is 0 Å². The van der Waals surface area contributed by atoms with Crippen molar-refractivity contribution in [2.45, 2.75) is 6.18 Å². The van der Waals surface area contributed by atoms with Crippen molar-refractivity contribution in [2.75, 3.05) is 37.6 Å². The molecule has 110 valence electrons. The van der Waals surface area contributed by atoms with E-state index in [0.717, 1.165) is 19.2 Å². The van der Waals surface area contributed by atoms with E-state index in [-0.39, 0.29) is 0 Å². The van der Waals surface area contributed by atoms with Gasteiger partial charge in [-0.25, -0.2) is 0 Å². The number of hydrogen-bond donors (Lipinski definition) is 1. The number of benzene rings is 1. The first-order valence-electron chi connectivity index (χ1n) is 6.29. The quantitative estimate of drug-likeness (QED) is 0.867. The van der Waals surface area contributed by atoms with E-state index in [1.807, 2.05) is 4.90 Å². The summed E-state index contributed by atoms with van der Waals surface area (Å²) >= 11 is 4.85. The predicted octanol–water partition coefficient (Wildman–Crippen LogP) is 2.11. The molecular weight excluding hydrogens is 287 g/mol. The molecule has 7 heteroatoms. The molecule has 1 saturated heterocycles. The van der Waals surface area contributed by atoms with Crippen LogP contribution in [0.2, 0.25) is 0 Å². The number of anilines is 1. The third-order valence-electron chi connectivity index (χ3n) is 3.29. The van der Waals surface area contributed by atoms with Crippen LogP contribution >= 0.6 is 12.2 Å². The van der Waals surface area contributed by atoms with Gasteiger partial charge in [-0.2, -0.15) is 13.2 Å². The summed E-state index contributed by atoms with van der Waals surface area (Å²) in [6.07, 6.45) is -4.30. The average Bonchev–Trinajstić information content (AvgIpc) is 2.38. The highest BCUT2D eigenvalue weighted by molar-refractivity contribution is 7.80. The number of halogens is 3. The lowest BCUT2D eigenvalue weighted by molar-refractivity contribution is -0.137. The van der Waals surface area contributed by atoms with Crippen LogP contribution in [0.4, 0.5) is 18.9 Å². The molecule has 2 N–H and O–H groups in total. The molecular formula is C13H16F3N3S. The van der Waals surface area contributed by atoms with Crippen LogP contribution in [-0.2, 0) is 6.18 Å². The summed E-state index contributed by atoms with van der Waals surface area (Å²) in [5.41, 5.74) is 5.48. The van der Waals surface area contributed by atoms with Gasteiger partial charge in [0.25, 0.3) is 0 Å². The van der Waals surface area contributed by atoms with Crippen LogP contribution in [0.25, 0.3) is 0 Å². The summed E-state index contributed by atoms with van der Waals surface area (Å²) in [6.45, 7) is 3.39. The molecule has 2 rings (SSSR count). The number of nitrogens with zero attached hydrogens (tertiary/aromatic N) is 2. The van der Waals surface area contributed by atoms with E-state index < -0.39 is 11.7 Å². The summed E-state index contributed by atoms with van der Waals surface area (Å²) in [6, 6.07) is 5.44. The summed E-state index contributed by atoms with van der Waals surface area (Å²) in [7, 11) is 0. The van der Waals surface area contributed by atoms with E-state index in [2.05, 4.69) is 4.90 Å². The first-order valence-corrected chi connectivity index (χ1v) is 6.70. The van der Waals surface area contributed by atoms with Crippen molar-refractivity contribution in [1.82, 2.24) is 4.90 Å². The van der Waals surface area contributed by atoms with Crippen LogP contribution in [0.5, 0.6) is 0 Å². The number of piperazine rings is 1. The van der Waals surface area contributed by atoms with E-state index in [1.54, 1.807) is 6.07 Å². The third kappa shape index (κ3) is 3.83. The number of nitrogens with two attached hydrogens (primary N) is 1. The Morgan fingerprint density at radius 1 is 1.20 bits per heavy atom. The Morgan fingerprint density at radius 2 is 1.85 bits per heavy atom. The van der Waals surface area contributed by atoms with Crippen molar-refractivity contribution in [3.8, 4) is 0 Å². The molecule has 0 saturated carbocycles. The summed E-state index contributed by atoms with van der Waals surface area (Å²) in [5, 5.41) is 0. The molecule has 3 nitrogen and oxygen atoms in total. The summed E-state index contributed by atoms with van der Waals surface area (Å²) < 4.78 is 38.1. The molecule has 1 aromatic rings. The topological polar surface area (TPSA) is 32.5 Å². The molecule has 0 bridgehead atoms.